The van der Waals surface area contributed by atoms with Gasteiger partial charge >= 0.3 is 5.97 Å². The van der Waals surface area contributed by atoms with E-state index < -0.39 is 8.32 Å². The van der Waals surface area contributed by atoms with E-state index in [2.05, 4.69) is 47.5 Å². The van der Waals surface area contributed by atoms with Gasteiger partial charge in [0.15, 0.2) is 0 Å². The summed E-state index contributed by atoms with van der Waals surface area (Å²) in [5, 5.41) is 0. The van der Waals surface area contributed by atoms with Crippen LogP contribution in [0.15, 0.2) is 12.2 Å². The van der Waals surface area contributed by atoms with E-state index in [1.165, 1.54) is 6.08 Å². The fourth-order valence-electron chi connectivity index (χ4n) is 3.47. The molecule has 0 aliphatic rings. The van der Waals surface area contributed by atoms with Gasteiger partial charge in [0.05, 0.1) is 12.7 Å². The Balaban J connectivity index is 5.37. The Labute approximate surface area is 144 Å². The second kappa shape index (κ2) is 10.7. The predicted molar refractivity (Wildman–Crippen MR) is 99.8 cm³/mol. The van der Waals surface area contributed by atoms with Gasteiger partial charge in [0, 0.05) is 12.5 Å². The average Bonchev–Trinajstić information content (AvgIpc) is 2.45. The van der Waals surface area contributed by atoms with Crippen molar-refractivity contribution in [3.63, 3.8) is 0 Å². The molecular weight excluding hydrogens is 304 g/mol. The van der Waals surface area contributed by atoms with Crippen molar-refractivity contribution < 1.29 is 14.0 Å². The van der Waals surface area contributed by atoms with Crippen LogP contribution in [0.3, 0.4) is 0 Å². The molecule has 3 nitrogen and oxygen atoms in total. The summed E-state index contributed by atoms with van der Waals surface area (Å²) in [5.74, 6) is 2.34. The van der Waals surface area contributed by atoms with Gasteiger partial charge < -0.3 is 9.16 Å². The fraction of sp³-hybridized carbons (Fsp3) is 0.737. The first kappa shape index (κ1) is 21.9. The molecule has 0 aromatic carbocycles. The van der Waals surface area contributed by atoms with Gasteiger partial charge in [0.2, 0.25) is 8.32 Å². The van der Waals surface area contributed by atoms with E-state index in [1.807, 2.05) is 6.08 Å². The van der Waals surface area contributed by atoms with Crippen molar-refractivity contribution >= 4 is 14.3 Å². The van der Waals surface area contributed by atoms with Crippen molar-refractivity contribution in [2.75, 3.05) is 6.61 Å². The summed E-state index contributed by atoms with van der Waals surface area (Å²) < 4.78 is 11.7. The van der Waals surface area contributed by atoms with Crippen LogP contribution in [-0.4, -0.2) is 27.0 Å². The van der Waals surface area contributed by atoms with E-state index in [9.17, 15) is 4.79 Å². The van der Waals surface area contributed by atoms with Gasteiger partial charge in [0.25, 0.3) is 0 Å². The molecule has 4 heteroatoms. The summed E-state index contributed by atoms with van der Waals surface area (Å²) in [4.78, 5) is 11.6. The van der Waals surface area contributed by atoms with E-state index >= 15 is 0 Å². The predicted octanol–water partition coefficient (Wildman–Crippen LogP) is 5.08. The lowest BCUT2D eigenvalue weighted by Gasteiger charge is -2.44. The Morgan fingerprint density at radius 2 is 1.65 bits per heavy atom. The smallest absolute Gasteiger partial charge is 0.330 e. The molecule has 0 bridgehead atoms. The molecule has 0 amide bonds. The highest BCUT2D eigenvalue weighted by Gasteiger charge is 2.46. The molecule has 0 aromatic heterocycles. The zero-order chi connectivity index (χ0) is 18.0. The third-order valence-electron chi connectivity index (χ3n) is 4.37. The van der Waals surface area contributed by atoms with E-state index in [0.29, 0.717) is 29.7 Å². The molecule has 0 heterocycles. The average molecular weight is 339 g/mol. The first-order valence-electron chi connectivity index (χ1n) is 8.68. The van der Waals surface area contributed by atoms with E-state index in [-0.39, 0.29) is 12.1 Å². The minimum Gasteiger partial charge on any atom is -0.463 e. The van der Waals surface area contributed by atoms with Gasteiger partial charge in [-0.05, 0) is 36.0 Å². The summed E-state index contributed by atoms with van der Waals surface area (Å²) >= 11 is 0. The molecule has 1 unspecified atom stereocenters. The Morgan fingerprint density at radius 1 is 1.13 bits per heavy atom. The lowest BCUT2D eigenvalue weighted by Crippen LogP contribution is -2.50. The highest BCUT2D eigenvalue weighted by Crippen LogP contribution is 2.43. The number of hydrogen-bond donors (Lipinski definition) is 0. The molecule has 0 spiro atoms. The Morgan fingerprint density at radius 3 is 2.04 bits per heavy atom. The number of hydrogen-bond acceptors (Lipinski definition) is 3. The van der Waals surface area contributed by atoms with Crippen LogP contribution in [0.25, 0.3) is 0 Å². The number of carbonyl (C=O) groups is 1. The minimum absolute atomic E-state index is 0.130. The largest absolute Gasteiger partial charge is 0.463 e. The van der Waals surface area contributed by atoms with Crippen LogP contribution in [0.4, 0.5) is 0 Å². The molecule has 0 radical (unpaired) electrons. The number of carbonyl (C=O) groups excluding carboxylic acids is 1. The zero-order valence-electron chi connectivity index (χ0n) is 15.9. The maximum Gasteiger partial charge on any atom is 0.330 e. The van der Waals surface area contributed by atoms with Crippen LogP contribution in [0.2, 0.25) is 16.6 Å². The van der Waals surface area contributed by atoms with E-state index in [1.54, 1.807) is 6.92 Å². The van der Waals surface area contributed by atoms with Crippen LogP contribution in [0.5, 0.6) is 0 Å². The van der Waals surface area contributed by atoms with Gasteiger partial charge in [0.1, 0.15) is 0 Å². The molecule has 0 aromatic rings. The maximum absolute atomic E-state index is 11.6. The van der Waals surface area contributed by atoms with Crippen molar-refractivity contribution in [2.24, 2.45) is 0 Å². The standard InChI is InChI=1S/C19H34O3Si/c1-9-11-12-18(13-14-19(20)21-10-2)22-23(15(3)4,16(5)6)17(7)8/h1,13-18H,10-12H2,2-8H3/b14-13+. The molecule has 132 valence electrons. The fourth-order valence-corrected chi connectivity index (χ4v) is 9.00. The van der Waals surface area contributed by atoms with E-state index in [4.69, 9.17) is 15.6 Å². The highest BCUT2D eigenvalue weighted by atomic mass is 28.4. The molecule has 0 aliphatic heterocycles. The second-order valence-electron chi connectivity index (χ2n) is 6.83. The van der Waals surface area contributed by atoms with Crippen molar-refractivity contribution in [3.05, 3.63) is 12.2 Å². The minimum atomic E-state index is -2.00. The molecule has 0 fully saturated rings. The Bertz CT molecular complexity index is 397. The molecular formula is C19H34O3Si. The van der Waals surface area contributed by atoms with E-state index in [0.717, 1.165) is 6.42 Å². The van der Waals surface area contributed by atoms with Crippen LogP contribution >= 0.6 is 0 Å². The zero-order valence-corrected chi connectivity index (χ0v) is 16.9. The third kappa shape index (κ3) is 6.53. The molecule has 0 saturated heterocycles. The molecule has 0 rings (SSSR count). The quantitative estimate of drug-likeness (QED) is 0.241. The first-order chi connectivity index (χ1) is 10.7. The number of rotatable bonds is 10. The first-order valence-corrected chi connectivity index (χ1v) is 10.8. The summed E-state index contributed by atoms with van der Waals surface area (Å²) in [7, 11) is -2.00. The SMILES string of the molecule is C#CCCC(/C=C/C(=O)OCC)O[Si](C(C)C)(C(C)C)C(C)C. The Kier molecular flexibility index (Phi) is 10.2. The summed E-state index contributed by atoms with van der Waals surface area (Å²) in [6.07, 6.45) is 9.95. The van der Waals surface area contributed by atoms with Gasteiger partial charge in [-0.15, -0.1) is 12.3 Å². The number of terminal acetylenes is 1. The number of ether oxygens (including phenoxy) is 1. The molecule has 0 N–H and O–H groups in total. The van der Waals surface area contributed by atoms with Crippen LogP contribution in [0.1, 0.15) is 61.3 Å². The Hall–Kier alpha value is -1.05. The van der Waals surface area contributed by atoms with Gasteiger partial charge in [-0.3, -0.25) is 0 Å². The highest BCUT2D eigenvalue weighted by molar-refractivity contribution is 6.77. The maximum atomic E-state index is 11.6. The monoisotopic (exact) mass is 338 g/mol. The van der Waals surface area contributed by atoms with Crippen LogP contribution < -0.4 is 0 Å². The van der Waals surface area contributed by atoms with Crippen LogP contribution in [-0.2, 0) is 14.0 Å². The lowest BCUT2D eigenvalue weighted by molar-refractivity contribution is -0.137. The second-order valence-corrected chi connectivity index (χ2v) is 12.2. The molecule has 0 saturated carbocycles. The topological polar surface area (TPSA) is 35.5 Å². The van der Waals surface area contributed by atoms with Gasteiger partial charge in [-0.2, -0.15) is 0 Å². The third-order valence-corrected chi connectivity index (χ3v) is 10.5. The van der Waals surface area contributed by atoms with Crippen LogP contribution in [0, 0.1) is 12.3 Å². The molecule has 1 atom stereocenters. The van der Waals surface area contributed by atoms with Crippen molar-refractivity contribution in [3.8, 4) is 12.3 Å². The van der Waals surface area contributed by atoms with Gasteiger partial charge in [-0.25, -0.2) is 4.79 Å². The molecule has 23 heavy (non-hydrogen) atoms. The summed E-state index contributed by atoms with van der Waals surface area (Å²) in [6, 6.07) is 0. The van der Waals surface area contributed by atoms with Crippen molar-refractivity contribution in [2.45, 2.75) is 84.0 Å². The van der Waals surface area contributed by atoms with Crippen molar-refractivity contribution in [1.29, 1.82) is 0 Å². The normalized spacial score (nSPS) is 13.8. The molecule has 0 aliphatic carbocycles. The number of esters is 1. The van der Waals surface area contributed by atoms with Gasteiger partial charge in [-0.1, -0.05) is 41.5 Å². The summed E-state index contributed by atoms with van der Waals surface area (Å²) in [5.41, 5.74) is 1.48. The lowest BCUT2D eigenvalue weighted by atomic mass is 10.2. The van der Waals surface area contributed by atoms with Crippen molar-refractivity contribution in [1.82, 2.24) is 0 Å². The summed E-state index contributed by atoms with van der Waals surface area (Å²) in [6.45, 7) is 15.7.